The van der Waals surface area contributed by atoms with Crippen LogP contribution in [-0.4, -0.2) is 41.3 Å². The van der Waals surface area contributed by atoms with E-state index in [4.69, 9.17) is 9.88 Å². The number of nitrogens with zero attached hydrogens (tertiary/aromatic N) is 2. The topological polar surface area (TPSA) is 136 Å². The number of ether oxygens (including phenoxy) is 1. The number of hydrogen-bond donors (Lipinski definition) is 3. The van der Waals surface area contributed by atoms with Crippen LogP contribution in [0, 0.1) is 0 Å². The van der Waals surface area contributed by atoms with Crippen LogP contribution in [0.3, 0.4) is 0 Å². The monoisotopic (exact) mass is 551 g/mol. The van der Waals surface area contributed by atoms with Crippen molar-refractivity contribution in [3.63, 3.8) is 0 Å². The lowest BCUT2D eigenvalue weighted by molar-refractivity contribution is 0.340. The summed E-state index contributed by atoms with van der Waals surface area (Å²) < 4.78 is 41.7. The Labute approximate surface area is 223 Å². The van der Waals surface area contributed by atoms with Gasteiger partial charge in [-0.1, -0.05) is 30.3 Å². The highest BCUT2D eigenvalue weighted by molar-refractivity contribution is 7.98. The smallest absolute Gasteiger partial charge is 0.229 e. The van der Waals surface area contributed by atoms with E-state index in [0.29, 0.717) is 35.5 Å². The van der Waals surface area contributed by atoms with Gasteiger partial charge in [0.1, 0.15) is 11.6 Å². The second-order valence-corrected chi connectivity index (χ2v) is 12.5. The van der Waals surface area contributed by atoms with Gasteiger partial charge < -0.3 is 15.4 Å². The van der Waals surface area contributed by atoms with E-state index in [-0.39, 0.29) is 4.90 Å². The van der Waals surface area contributed by atoms with E-state index < -0.39 is 19.5 Å². The molecular weight excluding hydrogens is 522 g/mol. The molecule has 3 aromatic carbocycles. The van der Waals surface area contributed by atoms with Gasteiger partial charge in [0.25, 0.3) is 0 Å². The number of nitrogens with one attached hydrogen (secondary N) is 2. The molecule has 0 saturated heterocycles. The average molecular weight is 552 g/mol. The molecule has 0 radical (unpaired) electrons. The maximum Gasteiger partial charge on any atom is 0.229 e. The molecule has 38 heavy (non-hydrogen) atoms. The van der Waals surface area contributed by atoms with Crippen LogP contribution < -0.4 is 20.5 Å². The molecule has 1 unspecified atom stereocenters. The van der Waals surface area contributed by atoms with Crippen molar-refractivity contribution in [2.24, 2.45) is 5.14 Å². The van der Waals surface area contributed by atoms with Gasteiger partial charge in [0, 0.05) is 35.1 Å². The highest BCUT2D eigenvalue weighted by atomic mass is 32.2. The van der Waals surface area contributed by atoms with Crippen molar-refractivity contribution in [1.82, 2.24) is 9.97 Å². The van der Waals surface area contributed by atoms with E-state index in [2.05, 4.69) is 26.5 Å². The summed E-state index contributed by atoms with van der Waals surface area (Å²) in [6, 6.07) is 21.1. The fraction of sp³-hybridized carbons (Fsp3) is 0.148. The number of rotatable bonds is 10. The average Bonchev–Trinajstić information content (AvgIpc) is 2.88. The van der Waals surface area contributed by atoms with E-state index in [1.54, 1.807) is 48.7 Å². The first-order chi connectivity index (χ1) is 18.0. The highest BCUT2D eigenvalue weighted by Gasteiger charge is 2.13. The molecule has 0 aliphatic rings. The lowest BCUT2D eigenvalue weighted by Crippen LogP contribution is -2.12. The zero-order chi connectivity index (χ0) is 27.3. The van der Waals surface area contributed by atoms with Gasteiger partial charge in [0.15, 0.2) is 9.84 Å². The lowest BCUT2D eigenvalue weighted by atomic mass is 10.1. The van der Waals surface area contributed by atoms with E-state index in [9.17, 15) is 12.6 Å². The quantitative estimate of drug-likeness (QED) is 0.249. The minimum Gasteiger partial charge on any atom is -0.494 e. The molecule has 0 aliphatic carbocycles. The first-order valence-electron chi connectivity index (χ1n) is 11.7. The van der Waals surface area contributed by atoms with Crippen molar-refractivity contribution in [3.8, 4) is 16.9 Å². The Morgan fingerprint density at radius 3 is 2.37 bits per heavy atom. The largest absolute Gasteiger partial charge is 0.494 e. The van der Waals surface area contributed by atoms with Crippen molar-refractivity contribution in [2.45, 2.75) is 23.3 Å². The normalized spacial score (nSPS) is 12.9. The molecular formula is C27H29N5O4S2. The predicted molar refractivity (Wildman–Crippen MR) is 153 cm³/mol. The Bertz CT molecular complexity index is 1660. The van der Waals surface area contributed by atoms with Crippen LogP contribution >= 0.6 is 0 Å². The van der Waals surface area contributed by atoms with Crippen LogP contribution in [0.25, 0.3) is 11.1 Å². The third kappa shape index (κ3) is 6.88. The minimum absolute atomic E-state index is 0.246. The molecule has 4 aromatic rings. The summed E-state index contributed by atoms with van der Waals surface area (Å²) in [5, 5.41) is 12.1. The summed E-state index contributed by atoms with van der Waals surface area (Å²) in [6.07, 6.45) is 2.87. The number of benzene rings is 3. The first-order valence-corrected chi connectivity index (χ1v) is 15.4. The van der Waals surface area contributed by atoms with Crippen LogP contribution in [0.5, 0.6) is 5.75 Å². The molecule has 9 nitrogen and oxygen atoms in total. The predicted octanol–water partition coefficient (Wildman–Crippen LogP) is 4.25. The Morgan fingerprint density at radius 2 is 1.68 bits per heavy atom. The zero-order valence-corrected chi connectivity index (χ0v) is 22.7. The van der Waals surface area contributed by atoms with E-state index in [1.165, 1.54) is 6.26 Å². The highest BCUT2D eigenvalue weighted by Crippen LogP contribution is 2.30. The van der Waals surface area contributed by atoms with Gasteiger partial charge in [-0.05, 0) is 66.4 Å². The summed E-state index contributed by atoms with van der Waals surface area (Å²) in [5.41, 5.74) is 2.99. The van der Waals surface area contributed by atoms with E-state index in [1.807, 2.05) is 37.3 Å². The molecule has 0 fully saturated rings. The van der Waals surface area contributed by atoms with Crippen molar-refractivity contribution < 1.29 is 17.4 Å². The molecule has 1 atom stereocenters. The maximum atomic E-state index is 12.2. The number of anilines is 3. The molecule has 0 saturated carbocycles. The second kappa shape index (κ2) is 11.2. The van der Waals surface area contributed by atoms with E-state index in [0.717, 1.165) is 22.4 Å². The summed E-state index contributed by atoms with van der Waals surface area (Å²) >= 11 is 0. The Hall–Kier alpha value is -3.93. The van der Waals surface area contributed by atoms with Gasteiger partial charge in [-0.25, -0.2) is 17.6 Å². The van der Waals surface area contributed by atoms with Crippen molar-refractivity contribution in [2.75, 3.05) is 23.5 Å². The Morgan fingerprint density at radius 1 is 0.974 bits per heavy atom. The van der Waals surface area contributed by atoms with E-state index >= 15 is 0 Å². The molecule has 0 spiro atoms. The number of hydrogen-bond acceptors (Lipinski definition) is 8. The van der Waals surface area contributed by atoms with Gasteiger partial charge in [-0.2, -0.15) is 4.98 Å². The molecule has 4 N–H and O–H groups in total. The maximum absolute atomic E-state index is 12.2. The molecule has 0 aliphatic heterocycles. The SMILES string of the molecule is C=S(N)(=O)c1cccc(Nc2ncc(-c3ccc(OCC)cc3)c(NCc3cccc(S(C)(=O)=O)c3)n2)c1. The van der Waals surface area contributed by atoms with Crippen molar-refractivity contribution >= 4 is 42.9 Å². The summed E-state index contributed by atoms with van der Waals surface area (Å²) in [4.78, 5) is 9.80. The van der Waals surface area contributed by atoms with Crippen LogP contribution in [0.2, 0.25) is 0 Å². The van der Waals surface area contributed by atoms with Crippen LogP contribution in [-0.2, 0) is 26.1 Å². The first kappa shape index (κ1) is 27.1. The zero-order valence-electron chi connectivity index (χ0n) is 21.0. The number of nitrogens with two attached hydrogens (primary N) is 1. The molecule has 0 bridgehead atoms. The van der Waals surface area contributed by atoms with Crippen LogP contribution in [0.15, 0.2) is 88.8 Å². The van der Waals surface area contributed by atoms with Crippen LogP contribution in [0.1, 0.15) is 12.5 Å². The van der Waals surface area contributed by atoms with Crippen LogP contribution in [0.4, 0.5) is 17.5 Å². The minimum atomic E-state index is -3.33. The molecule has 1 aromatic heterocycles. The molecule has 1 heterocycles. The van der Waals surface area contributed by atoms with Gasteiger partial charge in [-0.15, -0.1) is 0 Å². The van der Waals surface area contributed by atoms with Gasteiger partial charge in [0.2, 0.25) is 5.95 Å². The summed E-state index contributed by atoms with van der Waals surface area (Å²) in [7, 11) is -6.21. The Kier molecular flexibility index (Phi) is 8.00. The Balaban J connectivity index is 1.67. The second-order valence-electron chi connectivity index (χ2n) is 8.57. The number of aromatic nitrogens is 2. The van der Waals surface area contributed by atoms with Crippen molar-refractivity contribution in [3.05, 3.63) is 84.6 Å². The lowest BCUT2D eigenvalue weighted by Gasteiger charge is -2.15. The number of sulfone groups is 1. The summed E-state index contributed by atoms with van der Waals surface area (Å²) in [5.74, 6) is 5.12. The molecule has 11 heteroatoms. The van der Waals surface area contributed by atoms with Crippen molar-refractivity contribution in [1.29, 1.82) is 0 Å². The van der Waals surface area contributed by atoms with Gasteiger partial charge in [-0.3, -0.25) is 5.14 Å². The fourth-order valence-corrected chi connectivity index (χ4v) is 5.00. The molecule has 4 rings (SSSR count). The molecule has 198 valence electrons. The fourth-order valence-electron chi connectivity index (χ4n) is 3.68. The van der Waals surface area contributed by atoms with Gasteiger partial charge in [0.05, 0.1) is 21.2 Å². The standard InChI is InChI=1S/C27H29N5O4S2/c1-4-36-22-13-11-20(12-14-22)25-18-30-27(31-21-8-6-9-23(16-21)37(2,28)33)32-26(25)29-17-19-7-5-10-24(15-19)38(3,34)35/h5-16,18H,2,4,17H2,1,3H3,(H2,28,33)(H2,29,30,31,32). The molecule has 0 amide bonds. The summed E-state index contributed by atoms with van der Waals surface area (Å²) in [6.45, 7) is 2.82. The third-order valence-corrected chi connectivity index (χ3v) is 7.70. The third-order valence-electron chi connectivity index (χ3n) is 5.54. The van der Waals surface area contributed by atoms with Gasteiger partial charge >= 0.3 is 0 Å².